The molecule has 5 heteroatoms. The van der Waals surface area contributed by atoms with E-state index in [-0.39, 0.29) is 17.2 Å². The fourth-order valence-electron chi connectivity index (χ4n) is 3.05. The number of benzene rings is 1. The van der Waals surface area contributed by atoms with E-state index in [1.165, 1.54) is 19.1 Å². The highest BCUT2D eigenvalue weighted by Gasteiger charge is 2.37. The molecule has 1 N–H and O–H groups in total. The third-order valence-electron chi connectivity index (χ3n) is 4.31. The molecule has 2 bridgehead atoms. The van der Waals surface area contributed by atoms with Crippen LogP contribution in [0.3, 0.4) is 0 Å². The Balaban J connectivity index is 1.88. The Morgan fingerprint density at radius 3 is 2.42 bits per heavy atom. The summed E-state index contributed by atoms with van der Waals surface area (Å²) in [4.78, 5) is 4.43. The lowest BCUT2D eigenvalue weighted by Crippen LogP contribution is -2.62. The van der Waals surface area contributed by atoms with Crippen molar-refractivity contribution in [1.82, 2.24) is 9.80 Å². The highest BCUT2D eigenvalue weighted by Crippen LogP contribution is 2.30. The van der Waals surface area contributed by atoms with Crippen LogP contribution in [0.1, 0.15) is 17.2 Å². The monoisotopic (exact) mass is 268 g/mol. The Labute approximate surface area is 111 Å². The number of fused-ring (bicyclic) bond motifs is 3. The SMILES string of the molecule is Cc1ccc(C(O)C2CN3CCN2CC3)c(F)c1F. The van der Waals surface area contributed by atoms with Crippen LogP contribution in [0, 0.1) is 18.6 Å². The minimum absolute atomic E-state index is 0.0712. The molecule has 0 aliphatic carbocycles. The number of hydrogen-bond acceptors (Lipinski definition) is 3. The van der Waals surface area contributed by atoms with Gasteiger partial charge in [0.25, 0.3) is 0 Å². The van der Waals surface area contributed by atoms with Gasteiger partial charge in [0, 0.05) is 38.3 Å². The number of aliphatic hydroxyl groups is 1. The van der Waals surface area contributed by atoms with Crippen LogP contribution in [0.5, 0.6) is 0 Å². The van der Waals surface area contributed by atoms with Gasteiger partial charge in [-0.15, -0.1) is 0 Å². The van der Waals surface area contributed by atoms with Gasteiger partial charge in [-0.1, -0.05) is 12.1 Å². The van der Waals surface area contributed by atoms with E-state index in [4.69, 9.17) is 0 Å². The third-order valence-corrected chi connectivity index (χ3v) is 4.31. The number of rotatable bonds is 2. The largest absolute Gasteiger partial charge is 0.387 e. The maximum atomic E-state index is 13.9. The van der Waals surface area contributed by atoms with Gasteiger partial charge in [0.05, 0.1) is 12.1 Å². The Hall–Kier alpha value is -1.04. The normalized spacial score (nSPS) is 31.5. The Bertz CT molecular complexity index is 487. The molecule has 104 valence electrons. The summed E-state index contributed by atoms with van der Waals surface area (Å²) in [7, 11) is 0. The lowest BCUT2D eigenvalue weighted by atomic mass is 9.95. The summed E-state index contributed by atoms with van der Waals surface area (Å²) < 4.78 is 27.5. The van der Waals surface area contributed by atoms with Crippen molar-refractivity contribution in [3.8, 4) is 0 Å². The van der Waals surface area contributed by atoms with Gasteiger partial charge in [-0.05, 0) is 12.5 Å². The second-order valence-electron chi connectivity index (χ2n) is 5.45. The van der Waals surface area contributed by atoms with Crippen molar-refractivity contribution < 1.29 is 13.9 Å². The zero-order valence-corrected chi connectivity index (χ0v) is 10.9. The zero-order chi connectivity index (χ0) is 13.6. The Kier molecular flexibility index (Phi) is 3.28. The molecule has 2 unspecified atom stereocenters. The van der Waals surface area contributed by atoms with Gasteiger partial charge in [0.15, 0.2) is 11.6 Å². The van der Waals surface area contributed by atoms with E-state index in [1.807, 2.05) is 0 Å². The average Bonchev–Trinajstić information content (AvgIpc) is 2.45. The smallest absolute Gasteiger partial charge is 0.164 e. The molecule has 0 spiro atoms. The molecule has 3 nitrogen and oxygen atoms in total. The van der Waals surface area contributed by atoms with Gasteiger partial charge in [-0.25, -0.2) is 8.78 Å². The summed E-state index contributed by atoms with van der Waals surface area (Å²) in [5.74, 6) is -1.77. The molecule has 3 saturated heterocycles. The van der Waals surface area contributed by atoms with Crippen LogP contribution in [0.4, 0.5) is 8.78 Å². The van der Waals surface area contributed by atoms with Crippen LogP contribution >= 0.6 is 0 Å². The number of piperazine rings is 3. The maximum absolute atomic E-state index is 13.9. The molecule has 0 saturated carbocycles. The van der Waals surface area contributed by atoms with Crippen molar-refractivity contribution in [3.05, 3.63) is 34.9 Å². The minimum Gasteiger partial charge on any atom is -0.387 e. The second kappa shape index (κ2) is 4.81. The van der Waals surface area contributed by atoms with Crippen molar-refractivity contribution >= 4 is 0 Å². The molecule has 3 heterocycles. The molecule has 0 amide bonds. The first-order valence-electron chi connectivity index (χ1n) is 6.67. The number of hydrogen-bond donors (Lipinski definition) is 1. The quantitative estimate of drug-likeness (QED) is 0.876. The van der Waals surface area contributed by atoms with Crippen LogP contribution in [0.25, 0.3) is 0 Å². The van der Waals surface area contributed by atoms with Gasteiger partial charge >= 0.3 is 0 Å². The van der Waals surface area contributed by atoms with Crippen molar-refractivity contribution in [3.63, 3.8) is 0 Å². The first kappa shape index (κ1) is 13.0. The predicted octanol–water partition coefficient (Wildman–Crippen LogP) is 1.31. The summed E-state index contributed by atoms with van der Waals surface area (Å²) in [6.07, 6.45) is -0.974. The number of aliphatic hydroxyl groups excluding tert-OH is 1. The average molecular weight is 268 g/mol. The fourth-order valence-corrected chi connectivity index (χ4v) is 3.05. The summed E-state index contributed by atoms with van der Waals surface area (Å²) in [6, 6.07) is 2.88. The van der Waals surface area contributed by atoms with Crippen LogP contribution in [0.2, 0.25) is 0 Å². The van der Waals surface area contributed by atoms with E-state index in [0.717, 1.165) is 32.7 Å². The first-order chi connectivity index (χ1) is 9.08. The first-order valence-corrected chi connectivity index (χ1v) is 6.67. The van der Waals surface area contributed by atoms with E-state index in [0.29, 0.717) is 0 Å². The summed E-state index contributed by atoms with van der Waals surface area (Å²) >= 11 is 0. The van der Waals surface area contributed by atoms with Crippen molar-refractivity contribution in [2.45, 2.75) is 19.1 Å². The summed E-state index contributed by atoms with van der Waals surface area (Å²) in [5, 5.41) is 10.4. The van der Waals surface area contributed by atoms with Crippen molar-refractivity contribution in [2.75, 3.05) is 32.7 Å². The lowest BCUT2D eigenvalue weighted by Gasteiger charge is -2.49. The van der Waals surface area contributed by atoms with Crippen molar-refractivity contribution in [1.29, 1.82) is 0 Å². The molecule has 3 fully saturated rings. The van der Waals surface area contributed by atoms with E-state index in [1.54, 1.807) is 0 Å². The highest BCUT2D eigenvalue weighted by molar-refractivity contribution is 5.28. The second-order valence-corrected chi connectivity index (χ2v) is 5.45. The number of halogens is 2. The molecule has 0 radical (unpaired) electrons. The third kappa shape index (κ3) is 2.16. The van der Waals surface area contributed by atoms with Crippen LogP contribution in [0.15, 0.2) is 12.1 Å². The molecule has 1 aromatic carbocycles. The van der Waals surface area contributed by atoms with Gasteiger partial charge in [0.2, 0.25) is 0 Å². The zero-order valence-electron chi connectivity index (χ0n) is 10.9. The fraction of sp³-hybridized carbons (Fsp3) is 0.571. The highest BCUT2D eigenvalue weighted by atomic mass is 19.2. The number of aryl methyl sites for hydroxylation is 1. The van der Waals surface area contributed by atoms with Crippen LogP contribution in [-0.4, -0.2) is 53.7 Å². The molecule has 3 aliphatic heterocycles. The number of nitrogens with zero attached hydrogens (tertiary/aromatic N) is 2. The Morgan fingerprint density at radius 1 is 1.16 bits per heavy atom. The maximum Gasteiger partial charge on any atom is 0.164 e. The predicted molar refractivity (Wildman–Crippen MR) is 67.9 cm³/mol. The van der Waals surface area contributed by atoms with E-state index >= 15 is 0 Å². The minimum atomic E-state index is -0.974. The topological polar surface area (TPSA) is 26.7 Å². The van der Waals surface area contributed by atoms with E-state index in [2.05, 4.69) is 9.80 Å². The molecular weight excluding hydrogens is 250 g/mol. The summed E-state index contributed by atoms with van der Waals surface area (Å²) in [5.41, 5.74) is 0.338. The molecule has 0 aromatic heterocycles. The molecule has 19 heavy (non-hydrogen) atoms. The molecule has 4 rings (SSSR count). The van der Waals surface area contributed by atoms with Gasteiger partial charge in [-0.3, -0.25) is 9.80 Å². The van der Waals surface area contributed by atoms with Gasteiger partial charge < -0.3 is 5.11 Å². The van der Waals surface area contributed by atoms with Crippen molar-refractivity contribution in [2.24, 2.45) is 0 Å². The molecule has 1 aromatic rings. The lowest BCUT2D eigenvalue weighted by molar-refractivity contribution is -0.0481. The standard InChI is InChI=1S/C14H18F2N2O/c1-9-2-3-10(13(16)12(9)15)14(19)11-8-17-4-6-18(11)7-5-17/h2-3,11,14,19H,4-8H2,1H3. The Morgan fingerprint density at radius 2 is 1.84 bits per heavy atom. The van der Waals surface area contributed by atoms with Gasteiger partial charge in [0.1, 0.15) is 0 Å². The molecule has 3 aliphatic rings. The van der Waals surface area contributed by atoms with Crippen LogP contribution < -0.4 is 0 Å². The molecule has 2 atom stereocenters. The molecular formula is C14H18F2N2O. The van der Waals surface area contributed by atoms with Gasteiger partial charge in [-0.2, -0.15) is 0 Å². The van der Waals surface area contributed by atoms with E-state index in [9.17, 15) is 13.9 Å². The van der Waals surface area contributed by atoms with E-state index < -0.39 is 17.7 Å². The summed E-state index contributed by atoms with van der Waals surface area (Å²) in [6.45, 7) is 6.00. The van der Waals surface area contributed by atoms with Crippen LogP contribution in [-0.2, 0) is 0 Å².